The second-order valence-corrected chi connectivity index (χ2v) is 6.55. The Morgan fingerprint density at radius 3 is 2.39 bits per heavy atom. The van der Waals surface area contributed by atoms with Crippen molar-refractivity contribution in [1.82, 2.24) is 9.62 Å². The Hall–Kier alpha value is -2.19. The van der Waals surface area contributed by atoms with E-state index in [2.05, 4.69) is 11.3 Å². The maximum atomic E-state index is 12.3. The van der Waals surface area contributed by atoms with Crippen molar-refractivity contribution in [2.45, 2.75) is 18.2 Å². The Kier molecular flexibility index (Phi) is 6.92. The number of sulfonamides is 1. The molecule has 0 atom stereocenters. The maximum absolute atomic E-state index is 12.3. The van der Waals surface area contributed by atoms with Gasteiger partial charge < -0.3 is 10.0 Å². The summed E-state index contributed by atoms with van der Waals surface area (Å²) in [6, 6.07) is 5.36. The summed E-state index contributed by atoms with van der Waals surface area (Å²) >= 11 is 0. The summed E-state index contributed by atoms with van der Waals surface area (Å²) < 4.78 is 26.2. The summed E-state index contributed by atoms with van der Waals surface area (Å²) in [4.78, 5) is 24.3. The van der Waals surface area contributed by atoms with E-state index >= 15 is 0 Å². The fraction of sp³-hybridized carbons (Fsp3) is 0.333. The molecule has 0 aliphatic rings. The first-order valence-corrected chi connectivity index (χ1v) is 8.51. The van der Waals surface area contributed by atoms with E-state index in [0.29, 0.717) is 13.0 Å². The highest BCUT2D eigenvalue weighted by Gasteiger charge is 2.19. The van der Waals surface area contributed by atoms with Crippen LogP contribution in [0.4, 0.5) is 0 Å². The quantitative estimate of drug-likeness (QED) is 0.655. The molecule has 0 spiro atoms. The van der Waals surface area contributed by atoms with Crippen LogP contribution in [0.3, 0.4) is 0 Å². The number of rotatable bonds is 9. The lowest BCUT2D eigenvalue weighted by molar-refractivity contribution is -0.137. The number of nitrogens with one attached hydrogen (secondary N) is 1. The van der Waals surface area contributed by atoms with Gasteiger partial charge in [-0.2, -0.15) is 0 Å². The average molecular weight is 340 g/mol. The number of amides is 1. The minimum Gasteiger partial charge on any atom is -0.480 e. The van der Waals surface area contributed by atoms with Gasteiger partial charge in [0.15, 0.2) is 0 Å². The van der Waals surface area contributed by atoms with Crippen molar-refractivity contribution < 1.29 is 23.1 Å². The third-order valence-electron chi connectivity index (χ3n) is 2.94. The summed E-state index contributed by atoms with van der Waals surface area (Å²) in [5.74, 6) is -1.54. The Balaban J connectivity index is 2.96. The summed E-state index contributed by atoms with van der Waals surface area (Å²) in [7, 11) is -3.65. The van der Waals surface area contributed by atoms with E-state index in [1.165, 1.54) is 35.2 Å². The minimum atomic E-state index is -3.65. The molecule has 0 aromatic heterocycles. The molecule has 0 heterocycles. The maximum Gasteiger partial charge on any atom is 0.323 e. The molecule has 0 radical (unpaired) electrons. The van der Waals surface area contributed by atoms with Gasteiger partial charge in [-0.05, 0) is 30.7 Å². The van der Waals surface area contributed by atoms with Gasteiger partial charge in [-0.3, -0.25) is 9.59 Å². The molecule has 1 aromatic rings. The van der Waals surface area contributed by atoms with E-state index in [0.717, 1.165) is 0 Å². The zero-order valence-electron chi connectivity index (χ0n) is 12.9. The monoisotopic (exact) mass is 340 g/mol. The lowest BCUT2D eigenvalue weighted by atomic mass is 10.2. The number of aliphatic carboxylic acids is 1. The predicted molar refractivity (Wildman–Crippen MR) is 85.7 cm³/mol. The molecule has 8 heteroatoms. The van der Waals surface area contributed by atoms with Gasteiger partial charge in [0.05, 0.1) is 4.90 Å². The molecule has 126 valence electrons. The van der Waals surface area contributed by atoms with Crippen molar-refractivity contribution in [2.75, 3.05) is 19.6 Å². The topological polar surface area (TPSA) is 104 Å². The van der Waals surface area contributed by atoms with Crippen LogP contribution in [-0.2, 0) is 14.8 Å². The predicted octanol–water partition coefficient (Wildman–Crippen LogP) is 1.09. The van der Waals surface area contributed by atoms with E-state index in [9.17, 15) is 18.0 Å². The Morgan fingerprint density at radius 2 is 1.91 bits per heavy atom. The van der Waals surface area contributed by atoms with Crippen LogP contribution in [-0.4, -0.2) is 49.9 Å². The van der Waals surface area contributed by atoms with Gasteiger partial charge >= 0.3 is 5.97 Å². The van der Waals surface area contributed by atoms with Gasteiger partial charge in [0.1, 0.15) is 6.54 Å². The van der Waals surface area contributed by atoms with Crippen molar-refractivity contribution in [3.63, 3.8) is 0 Å². The van der Waals surface area contributed by atoms with Gasteiger partial charge in [0.2, 0.25) is 10.0 Å². The Bertz CT molecular complexity index is 668. The fourth-order valence-electron chi connectivity index (χ4n) is 1.90. The van der Waals surface area contributed by atoms with Crippen molar-refractivity contribution in [3.8, 4) is 0 Å². The molecule has 1 amide bonds. The summed E-state index contributed by atoms with van der Waals surface area (Å²) in [6.07, 6.45) is 2.04. The van der Waals surface area contributed by atoms with Crippen LogP contribution in [0, 0.1) is 0 Å². The van der Waals surface area contributed by atoms with E-state index in [1.54, 1.807) is 0 Å². The van der Waals surface area contributed by atoms with Gasteiger partial charge in [-0.1, -0.05) is 13.0 Å². The minimum absolute atomic E-state index is 0.0242. The number of carboxylic acid groups (broad SMARTS) is 1. The van der Waals surface area contributed by atoms with Gasteiger partial charge in [0.25, 0.3) is 5.91 Å². The molecule has 1 rings (SSSR count). The second-order valence-electron chi connectivity index (χ2n) is 4.79. The first-order chi connectivity index (χ1) is 10.8. The first-order valence-electron chi connectivity index (χ1n) is 7.03. The smallest absolute Gasteiger partial charge is 0.323 e. The molecule has 0 aliphatic carbocycles. The first kappa shape index (κ1) is 18.9. The third kappa shape index (κ3) is 5.50. The molecule has 0 unspecified atom stereocenters. The molecule has 0 saturated carbocycles. The average Bonchev–Trinajstić information content (AvgIpc) is 2.51. The second kappa shape index (κ2) is 8.44. The van der Waals surface area contributed by atoms with E-state index in [-0.39, 0.29) is 17.0 Å². The summed E-state index contributed by atoms with van der Waals surface area (Å²) in [5, 5.41) is 8.85. The van der Waals surface area contributed by atoms with Crippen LogP contribution < -0.4 is 4.72 Å². The fourth-order valence-corrected chi connectivity index (χ4v) is 2.90. The van der Waals surface area contributed by atoms with Crippen molar-refractivity contribution in [3.05, 3.63) is 42.5 Å². The van der Waals surface area contributed by atoms with Crippen molar-refractivity contribution in [2.24, 2.45) is 0 Å². The summed E-state index contributed by atoms with van der Waals surface area (Å²) in [5.41, 5.74) is 0.238. The number of carbonyl (C=O) groups excluding carboxylic acids is 1. The molecular weight excluding hydrogens is 320 g/mol. The number of carbonyl (C=O) groups is 2. The molecule has 0 fully saturated rings. The Morgan fingerprint density at radius 1 is 1.30 bits per heavy atom. The molecule has 1 aromatic carbocycles. The zero-order chi connectivity index (χ0) is 17.5. The van der Waals surface area contributed by atoms with Gasteiger partial charge in [-0.25, -0.2) is 13.1 Å². The van der Waals surface area contributed by atoms with Crippen molar-refractivity contribution in [1.29, 1.82) is 0 Å². The van der Waals surface area contributed by atoms with E-state index in [1.807, 2.05) is 6.92 Å². The van der Waals surface area contributed by atoms with Crippen LogP contribution in [0.5, 0.6) is 0 Å². The summed E-state index contributed by atoms with van der Waals surface area (Å²) in [6.45, 7) is 5.29. The number of hydrogen-bond acceptors (Lipinski definition) is 4. The third-order valence-corrected chi connectivity index (χ3v) is 4.38. The highest BCUT2D eigenvalue weighted by atomic mass is 32.2. The van der Waals surface area contributed by atoms with Crippen LogP contribution in [0.15, 0.2) is 41.8 Å². The van der Waals surface area contributed by atoms with Crippen LogP contribution >= 0.6 is 0 Å². The molecular formula is C15H20N2O5S. The van der Waals surface area contributed by atoms with E-state index in [4.69, 9.17) is 5.11 Å². The van der Waals surface area contributed by atoms with E-state index < -0.39 is 28.4 Å². The highest BCUT2D eigenvalue weighted by Crippen LogP contribution is 2.12. The molecule has 0 bridgehead atoms. The Labute approximate surface area is 135 Å². The lowest BCUT2D eigenvalue weighted by Crippen LogP contribution is -2.36. The van der Waals surface area contributed by atoms with Gasteiger partial charge in [-0.15, -0.1) is 6.58 Å². The number of benzene rings is 1. The molecule has 0 saturated heterocycles. The number of carboxylic acids is 1. The molecule has 23 heavy (non-hydrogen) atoms. The van der Waals surface area contributed by atoms with Crippen molar-refractivity contribution >= 4 is 21.9 Å². The molecule has 2 N–H and O–H groups in total. The lowest BCUT2D eigenvalue weighted by Gasteiger charge is -2.20. The number of nitrogens with zero attached hydrogens (tertiary/aromatic N) is 1. The molecule has 7 nitrogen and oxygen atoms in total. The highest BCUT2D eigenvalue weighted by molar-refractivity contribution is 7.89. The largest absolute Gasteiger partial charge is 0.480 e. The standard InChI is InChI=1S/C15H20N2O5S/c1-3-9-16-23(21,22)13-7-5-12(6-8-13)15(20)17(10-4-2)11-14(18)19/h3,5-8,16H,1,4,9-11H2,2H3,(H,18,19). The SMILES string of the molecule is C=CCNS(=O)(=O)c1ccc(C(=O)N(CCC)CC(=O)O)cc1. The van der Waals surface area contributed by atoms with Crippen LogP contribution in [0.25, 0.3) is 0 Å². The van der Waals surface area contributed by atoms with Gasteiger partial charge in [0, 0.05) is 18.7 Å². The van der Waals surface area contributed by atoms with Crippen LogP contribution in [0.2, 0.25) is 0 Å². The van der Waals surface area contributed by atoms with Crippen LogP contribution in [0.1, 0.15) is 23.7 Å². The normalized spacial score (nSPS) is 11.0. The zero-order valence-corrected chi connectivity index (χ0v) is 13.7. The number of hydrogen-bond donors (Lipinski definition) is 2. The molecule has 0 aliphatic heterocycles.